The van der Waals surface area contributed by atoms with E-state index in [1.165, 1.54) is 0 Å². The molecule has 4 atom stereocenters. The number of hydrogen-bond acceptors (Lipinski definition) is 6. The maximum atomic E-state index is 12.3. The van der Waals surface area contributed by atoms with Crippen molar-refractivity contribution in [2.45, 2.75) is 123 Å². The van der Waals surface area contributed by atoms with E-state index in [-0.39, 0.29) is 22.7 Å². The first kappa shape index (κ1) is 27.8. The molecule has 0 aromatic rings. The SMILES string of the molecule is CC(C)(C)C(=O)OC[C@H]1O[C@H](O)[C@@H](O[Si](C)(C)C(C)(C)C)[C@@H]1O[Si](C)(C)C(C)(C)C. The lowest BCUT2D eigenvalue weighted by Crippen LogP contribution is -2.54. The van der Waals surface area contributed by atoms with Crippen LogP contribution in [0.25, 0.3) is 0 Å². The Morgan fingerprint density at radius 2 is 1.23 bits per heavy atom. The highest BCUT2D eigenvalue weighted by Gasteiger charge is 2.53. The zero-order valence-corrected chi connectivity index (χ0v) is 23.5. The van der Waals surface area contributed by atoms with Gasteiger partial charge in [0.1, 0.15) is 24.9 Å². The minimum atomic E-state index is -2.19. The molecule has 1 heterocycles. The van der Waals surface area contributed by atoms with Crippen molar-refractivity contribution in [3.8, 4) is 0 Å². The molecule has 30 heavy (non-hydrogen) atoms. The second kappa shape index (κ2) is 8.94. The Hall–Kier alpha value is -0.256. The van der Waals surface area contributed by atoms with Crippen LogP contribution in [0.3, 0.4) is 0 Å². The van der Waals surface area contributed by atoms with E-state index in [1.54, 1.807) is 0 Å². The van der Waals surface area contributed by atoms with Crippen molar-refractivity contribution in [2.75, 3.05) is 6.61 Å². The number of rotatable bonds is 6. The van der Waals surface area contributed by atoms with E-state index in [0.717, 1.165) is 0 Å². The van der Waals surface area contributed by atoms with Crippen LogP contribution in [0.1, 0.15) is 62.3 Å². The lowest BCUT2D eigenvalue weighted by atomic mass is 9.97. The molecule has 1 aliphatic heterocycles. The standard InChI is InChI=1S/C22H46O6Si2/c1-20(2,3)19(24)25-14-15-16(27-29(10,11)21(4,5)6)17(18(23)26-15)28-30(12,13)22(7,8)9/h15-18,23H,14H2,1-13H3/t15-,16-,17+,18+/m1/s1. The Bertz CT molecular complexity index is 598. The molecule has 1 fully saturated rings. The average molecular weight is 463 g/mol. The Kier molecular flexibility index (Phi) is 8.28. The maximum Gasteiger partial charge on any atom is 0.311 e. The summed E-state index contributed by atoms with van der Waals surface area (Å²) in [5.74, 6) is -0.305. The fraction of sp³-hybridized carbons (Fsp3) is 0.955. The first-order valence-electron chi connectivity index (χ1n) is 11.0. The van der Waals surface area contributed by atoms with Crippen molar-refractivity contribution in [3.05, 3.63) is 0 Å². The summed E-state index contributed by atoms with van der Waals surface area (Å²) in [5.41, 5.74) is -0.607. The largest absolute Gasteiger partial charge is 0.462 e. The number of carbonyl (C=O) groups is 1. The Morgan fingerprint density at radius 3 is 1.60 bits per heavy atom. The van der Waals surface area contributed by atoms with Crippen molar-refractivity contribution < 1.29 is 28.2 Å². The fourth-order valence-electron chi connectivity index (χ4n) is 2.52. The van der Waals surface area contributed by atoms with Gasteiger partial charge in [0.05, 0.1) is 5.41 Å². The third-order valence-corrected chi connectivity index (χ3v) is 15.7. The molecular weight excluding hydrogens is 416 g/mol. The molecule has 1 N–H and O–H groups in total. The summed E-state index contributed by atoms with van der Waals surface area (Å²) < 4.78 is 24.6. The summed E-state index contributed by atoms with van der Waals surface area (Å²) in [6.45, 7) is 27.1. The quantitative estimate of drug-likeness (QED) is 0.438. The highest BCUT2D eigenvalue weighted by Crippen LogP contribution is 2.43. The van der Waals surface area contributed by atoms with Crippen LogP contribution >= 0.6 is 0 Å². The molecule has 6 nitrogen and oxygen atoms in total. The van der Waals surface area contributed by atoms with E-state index in [9.17, 15) is 9.90 Å². The van der Waals surface area contributed by atoms with E-state index < -0.39 is 46.7 Å². The fourth-order valence-corrected chi connectivity index (χ4v) is 5.12. The summed E-state index contributed by atoms with van der Waals surface area (Å²) in [5, 5.41) is 10.7. The molecule has 1 aliphatic rings. The van der Waals surface area contributed by atoms with E-state index in [2.05, 4.69) is 67.7 Å². The number of carbonyl (C=O) groups excluding carboxylic acids is 1. The number of ether oxygens (including phenoxy) is 2. The summed E-state index contributed by atoms with van der Waals surface area (Å²) in [7, 11) is -4.38. The monoisotopic (exact) mass is 462 g/mol. The van der Waals surface area contributed by atoms with Crippen LogP contribution < -0.4 is 0 Å². The van der Waals surface area contributed by atoms with Gasteiger partial charge < -0.3 is 23.4 Å². The van der Waals surface area contributed by atoms with E-state index >= 15 is 0 Å². The number of esters is 1. The predicted octanol–water partition coefficient (Wildman–Crippen LogP) is 5.07. The first-order chi connectivity index (χ1) is 13.1. The van der Waals surface area contributed by atoms with Crippen molar-refractivity contribution in [2.24, 2.45) is 5.41 Å². The topological polar surface area (TPSA) is 74.2 Å². The summed E-state index contributed by atoms with van der Waals surface area (Å²) in [6.07, 6.45) is -2.80. The molecule has 0 bridgehead atoms. The molecule has 1 saturated heterocycles. The highest BCUT2D eigenvalue weighted by molar-refractivity contribution is 6.74. The molecule has 0 aromatic heterocycles. The minimum Gasteiger partial charge on any atom is -0.462 e. The van der Waals surface area contributed by atoms with Crippen LogP contribution in [-0.4, -0.2) is 58.9 Å². The van der Waals surface area contributed by atoms with Crippen LogP contribution in [0.5, 0.6) is 0 Å². The minimum absolute atomic E-state index is 0.0191. The van der Waals surface area contributed by atoms with Gasteiger partial charge in [-0.3, -0.25) is 4.79 Å². The van der Waals surface area contributed by atoms with E-state index in [0.29, 0.717) is 0 Å². The third kappa shape index (κ3) is 6.62. The van der Waals surface area contributed by atoms with Crippen LogP contribution in [0.15, 0.2) is 0 Å². The van der Waals surface area contributed by atoms with E-state index in [1.807, 2.05) is 20.8 Å². The van der Waals surface area contributed by atoms with Crippen LogP contribution in [0, 0.1) is 5.41 Å². The summed E-state index contributed by atoms with van der Waals surface area (Å²) in [4.78, 5) is 12.3. The number of hydrogen-bond donors (Lipinski definition) is 1. The highest BCUT2D eigenvalue weighted by atomic mass is 28.4. The lowest BCUT2D eigenvalue weighted by Gasteiger charge is -2.43. The molecule has 0 amide bonds. The van der Waals surface area contributed by atoms with Gasteiger partial charge in [-0.15, -0.1) is 0 Å². The third-order valence-electron chi connectivity index (χ3n) is 6.75. The Balaban J connectivity index is 3.18. The van der Waals surface area contributed by atoms with Gasteiger partial charge >= 0.3 is 5.97 Å². The predicted molar refractivity (Wildman–Crippen MR) is 125 cm³/mol. The molecule has 0 radical (unpaired) electrons. The van der Waals surface area contributed by atoms with Gasteiger partial charge in [-0.1, -0.05) is 41.5 Å². The smallest absolute Gasteiger partial charge is 0.311 e. The normalized spacial score (nSPS) is 26.7. The van der Waals surface area contributed by atoms with Gasteiger partial charge in [0.25, 0.3) is 0 Å². The van der Waals surface area contributed by atoms with Gasteiger partial charge in [0.15, 0.2) is 22.9 Å². The molecule has 0 saturated carbocycles. The molecule has 0 spiro atoms. The van der Waals surface area contributed by atoms with Crippen molar-refractivity contribution in [1.29, 1.82) is 0 Å². The van der Waals surface area contributed by atoms with Crippen molar-refractivity contribution in [1.82, 2.24) is 0 Å². The van der Waals surface area contributed by atoms with Crippen molar-refractivity contribution >= 4 is 22.6 Å². The molecule has 0 aliphatic carbocycles. The number of aliphatic hydroxyl groups excluding tert-OH is 1. The molecule has 0 aromatic carbocycles. The Labute approximate surface area is 186 Å². The molecule has 178 valence electrons. The lowest BCUT2D eigenvalue weighted by molar-refractivity contribution is -0.164. The zero-order valence-electron chi connectivity index (χ0n) is 21.5. The van der Waals surface area contributed by atoms with E-state index in [4.69, 9.17) is 18.3 Å². The van der Waals surface area contributed by atoms with Crippen LogP contribution in [0.2, 0.25) is 36.3 Å². The second-order valence-corrected chi connectivity index (χ2v) is 22.1. The molecule has 0 unspecified atom stereocenters. The molecule has 8 heteroatoms. The molecular formula is C22H46O6Si2. The van der Waals surface area contributed by atoms with Crippen LogP contribution in [0.4, 0.5) is 0 Å². The Morgan fingerprint density at radius 1 is 0.833 bits per heavy atom. The number of aliphatic hydroxyl groups is 1. The zero-order chi connectivity index (χ0) is 23.9. The maximum absolute atomic E-state index is 12.3. The van der Waals surface area contributed by atoms with Crippen molar-refractivity contribution in [3.63, 3.8) is 0 Å². The van der Waals surface area contributed by atoms with Gasteiger partial charge in [-0.2, -0.15) is 0 Å². The van der Waals surface area contributed by atoms with Gasteiger partial charge in [0, 0.05) is 0 Å². The average Bonchev–Trinajstić information content (AvgIpc) is 2.77. The summed E-state index contributed by atoms with van der Waals surface area (Å²) >= 11 is 0. The van der Waals surface area contributed by atoms with Crippen LogP contribution in [-0.2, 0) is 23.1 Å². The first-order valence-corrected chi connectivity index (χ1v) is 16.8. The molecule has 1 rings (SSSR count). The van der Waals surface area contributed by atoms with Gasteiger partial charge in [-0.25, -0.2) is 0 Å². The summed E-state index contributed by atoms with van der Waals surface area (Å²) in [6, 6.07) is 0. The van der Waals surface area contributed by atoms with Gasteiger partial charge in [-0.05, 0) is 57.0 Å². The second-order valence-electron chi connectivity index (χ2n) is 12.6. The van der Waals surface area contributed by atoms with Gasteiger partial charge in [0.2, 0.25) is 0 Å².